The molecule has 0 aromatic rings. The summed E-state index contributed by atoms with van der Waals surface area (Å²) in [5.74, 6) is 0. The molecule has 0 saturated carbocycles. The lowest BCUT2D eigenvalue weighted by molar-refractivity contribution is 0.269. The summed E-state index contributed by atoms with van der Waals surface area (Å²) < 4.78 is 10.2. The zero-order valence-corrected chi connectivity index (χ0v) is 10.5. The fourth-order valence-electron chi connectivity index (χ4n) is 0.765. The molecule has 0 heterocycles. The van der Waals surface area contributed by atoms with Gasteiger partial charge in [-0.15, -0.1) is 0 Å². The Hall–Kier alpha value is -0.226. The lowest BCUT2D eigenvalue weighted by atomic mass is 11.0. The van der Waals surface area contributed by atoms with Crippen LogP contribution in [0.5, 0.6) is 0 Å². The van der Waals surface area contributed by atoms with Gasteiger partial charge in [-0.05, 0) is 0 Å². The van der Waals surface area contributed by atoms with Gasteiger partial charge in [0.05, 0.1) is 14.2 Å². The Morgan fingerprint density at radius 1 is 1.36 bits per heavy atom. The van der Waals surface area contributed by atoms with Gasteiger partial charge in [0.2, 0.25) is 0 Å². The Kier molecular flexibility index (Phi) is 4.52. The maximum absolute atomic E-state index is 5.28. The number of hydrogen-bond donors (Lipinski definition) is 0. The van der Waals surface area contributed by atoms with Crippen LogP contribution in [-0.2, 0) is 9.47 Å². The van der Waals surface area contributed by atoms with Crippen LogP contribution in [0, 0.1) is 0 Å². The smallest absolute Gasteiger partial charge is 0.115 e. The molecule has 0 aromatic heterocycles. The third kappa shape index (κ3) is 3.11. The van der Waals surface area contributed by atoms with Crippen LogP contribution >= 0.6 is 0 Å². The molecule has 0 saturated heterocycles. The molecular weight excluding hydrogens is 172 g/mol. The second-order valence-electron chi connectivity index (χ2n) is 3.16. The highest BCUT2D eigenvalue weighted by Gasteiger charge is 2.25. The van der Waals surface area contributed by atoms with Crippen molar-refractivity contribution in [3.8, 4) is 0 Å². The largest absolute Gasteiger partial charge is 0.503 e. The quantitative estimate of drug-likeness (QED) is 0.488. The number of ether oxygens (including phenoxy) is 2. The summed E-state index contributed by atoms with van der Waals surface area (Å²) in [6.07, 6.45) is 1.75. The Labute approximate surface area is 72.2 Å². The Balaban J connectivity index is 4.36. The van der Waals surface area contributed by atoms with Crippen molar-refractivity contribution in [2.45, 2.75) is 19.6 Å². The first-order valence-corrected chi connectivity index (χ1v) is 10.6. The minimum Gasteiger partial charge on any atom is -0.503 e. The third-order valence-corrected chi connectivity index (χ3v) is 11.8. The third-order valence-electron chi connectivity index (χ3n) is 2.00. The van der Waals surface area contributed by atoms with E-state index in [0.29, 0.717) is 0 Å². The Morgan fingerprint density at radius 3 is 2.18 bits per heavy atom. The van der Waals surface area contributed by atoms with Crippen LogP contribution in [0.15, 0.2) is 11.6 Å². The van der Waals surface area contributed by atoms with E-state index in [0.717, 1.165) is 5.38 Å². The van der Waals surface area contributed by atoms with Crippen LogP contribution in [0.1, 0.15) is 0 Å². The van der Waals surface area contributed by atoms with E-state index in [-0.39, 0.29) is 9.04 Å². The van der Waals surface area contributed by atoms with Crippen molar-refractivity contribution in [1.82, 2.24) is 0 Å². The average molecular weight is 190 g/mol. The maximum atomic E-state index is 5.28. The number of hydrogen-bond acceptors (Lipinski definition) is 2. The van der Waals surface area contributed by atoms with Crippen molar-refractivity contribution in [3.05, 3.63) is 11.6 Å². The number of methoxy groups -OCH3 is 2. The summed E-state index contributed by atoms with van der Waals surface area (Å²) in [7, 11) is 2.25. The van der Waals surface area contributed by atoms with Crippen molar-refractivity contribution in [1.29, 1.82) is 0 Å². The zero-order chi connectivity index (χ0) is 8.91. The van der Waals surface area contributed by atoms with Gasteiger partial charge >= 0.3 is 0 Å². The van der Waals surface area contributed by atoms with Crippen molar-refractivity contribution >= 4 is 16.6 Å². The molecule has 0 aromatic carbocycles. The summed E-state index contributed by atoms with van der Waals surface area (Å²) in [5, 5.41) is 1.09. The summed E-state index contributed by atoms with van der Waals surface area (Å²) in [4.78, 5) is 0. The first-order valence-electron chi connectivity index (χ1n) is 3.86. The van der Waals surface area contributed by atoms with Crippen molar-refractivity contribution in [2.75, 3.05) is 14.2 Å². The van der Waals surface area contributed by atoms with E-state index in [1.807, 2.05) is 0 Å². The predicted molar refractivity (Wildman–Crippen MR) is 54.0 cm³/mol. The molecule has 0 aliphatic heterocycles. The fourth-order valence-corrected chi connectivity index (χ4v) is 3.83. The SMILES string of the molecule is COC=C(OC)[Si](C)(C)[SiH2]C. The van der Waals surface area contributed by atoms with E-state index in [1.165, 1.54) is 0 Å². The highest BCUT2D eigenvalue weighted by molar-refractivity contribution is 7.26. The second kappa shape index (κ2) is 4.61. The minimum atomic E-state index is -1.17. The predicted octanol–water partition coefficient (Wildman–Crippen LogP) is 1.08. The van der Waals surface area contributed by atoms with Gasteiger partial charge < -0.3 is 9.47 Å². The highest BCUT2D eigenvalue weighted by atomic mass is 29.2. The van der Waals surface area contributed by atoms with Gasteiger partial charge in [-0.2, -0.15) is 0 Å². The zero-order valence-electron chi connectivity index (χ0n) is 8.10. The molecule has 11 heavy (non-hydrogen) atoms. The average Bonchev–Trinajstić information content (AvgIpc) is 2.00. The van der Waals surface area contributed by atoms with Gasteiger partial charge in [0.15, 0.2) is 0 Å². The number of rotatable bonds is 4. The maximum Gasteiger partial charge on any atom is 0.115 e. The Morgan fingerprint density at radius 2 is 1.91 bits per heavy atom. The van der Waals surface area contributed by atoms with E-state index in [2.05, 4.69) is 19.6 Å². The lowest BCUT2D eigenvalue weighted by Crippen LogP contribution is -2.36. The molecule has 2 nitrogen and oxygen atoms in total. The fraction of sp³-hybridized carbons (Fsp3) is 0.714. The Bertz CT molecular complexity index is 143. The topological polar surface area (TPSA) is 18.5 Å². The van der Waals surface area contributed by atoms with Crippen molar-refractivity contribution < 1.29 is 9.47 Å². The molecule has 0 unspecified atom stereocenters. The van der Waals surface area contributed by atoms with Crippen molar-refractivity contribution in [2.24, 2.45) is 0 Å². The van der Waals surface area contributed by atoms with E-state index in [1.54, 1.807) is 20.5 Å². The summed E-state index contributed by atoms with van der Waals surface area (Å²) in [5.41, 5.74) is 0. The second-order valence-corrected chi connectivity index (χ2v) is 15.6. The molecular formula is C7H18O2Si2. The first-order chi connectivity index (χ1) is 5.08. The molecule has 0 fully saturated rings. The monoisotopic (exact) mass is 190 g/mol. The van der Waals surface area contributed by atoms with E-state index in [9.17, 15) is 0 Å². The molecule has 0 N–H and O–H groups in total. The molecule has 0 bridgehead atoms. The molecule has 66 valence electrons. The molecule has 0 aliphatic rings. The van der Waals surface area contributed by atoms with Crippen LogP contribution in [0.3, 0.4) is 0 Å². The lowest BCUT2D eigenvalue weighted by Gasteiger charge is -2.21. The van der Waals surface area contributed by atoms with E-state index < -0.39 is 7.59 Å². The molecule has 0 radical (unpaired) electrons. The van der Waals surface area contributed by atoms with Gasteiger partial charge in [0.1, 0.15) is 19.2 Å². The summed E-state index contributed by atoms with van der Waals surface area (Å²) in [6, 6.07) is 0. The normalized spacial score (nSPS) is 14.1. The molecule has 4 heteroatoms. The van der Waals surface area contributed by atoms with Gasteiger partial charge in [-0.3, -0.25) is 0 Å². The van der Waals surface area contributed by atoms with Crippen LogP contribution in [-0.4, -0.2) is 30.8 Å². The van der Waals surface area contributed by atoms with Crippen LogP contribution in [0.25, 0.3) is 0 Å². The van der Waals surface area contributed by atoms with Crippen LogP contribution in [0.2, 0.25) is 19.6 Å². The molecule has 0 aliphatic carbocycles. The van der Waals surface area contributed by atoms with E-state index in [4.69, 9.17) is 9.47 Å². The summed E-state index contributed by atoms with van der Waals surface area (Å²) >= 11 is 0. The van der Waals surface area contributed by atoms with Crippen LogP contribution < -0.4 is 0 Å². The summed E-state index contributed by atoms with van der Waals surface area (Å²) in [6.45, 7) is 6.98. The minimum absolute atomic E-state index is 0.0288. The molecule has 0 spiro atoms. The molecule has 0 amide bonds. The van der Waals surface area contributed by atoms with E-state index >= 15 is 0 Å². The highest BCUT2D eigenvalue weighted by Crippen LogP contribution is 2.13. The van der Waals surface area contributed by atoms with Gasteiger partial charge in [-0.1, -0.05) is 19.6 Å². The molecule has 0 rings (SSSR count). The van der Waals surface area contributed by atoms with Crippen LogP contribution in [0.4, 0.5) is 0 Å². The molecule has 0 atom stereocenters. The standard InChI is InChI=1S/C7H18O2Si2/c1-8-6-7(9-2)11(4,5)10-3/h6H,10H2,1-5H3. The van der Waals surface area contributed by atoms with Gasteiger partial charge in [0, 0.05) is 9.04 Å². The van der Waals surface area contributed by atoms with Crippen molar-refractivity contribution in [3.63, 3.8) is 0 Å². The first kappa shape index (κ1) is 10.8. The van der Waals surface area contributed by atoms with Gasteiger partial charge in [0.25, 0.3) is 0 Å². The van der Waals surface area contributed by atoms with Gasteiger partial charge in [-0.25, -0.2) is 0 Å².